The summed E-state index contributed by atoms with van der Waals surface area (Å²) in [6.45, 7) is 4.85. The third-order valence-electron chi connectivity index (χ3n) is 3.57. The number of likely N-dealkylation sites (N-methyl/N-ethyl adjacent to an activating group) is 1. The van der Waals surface area contributed by atoms with Crippen LogP contribution in [-0.2, 0) is 6.54 Å². The number of para-hydroxylation sites is 1. The van der Waals surface area contributed by atoms with Gasteiger partial charge >= 0.3 is 0 Å². The van der Waals surface area contributed by atoms with Gasteiger partial charge in [-0.25, -0.2) is 0 Å². The second kappa shape index (κ2) is 5.99. The molecule has 1 fully saturated rings. The molecule has 1 heterocycles. The van der Waals surface area contributed by atoms with Crippen molar-refractivity contribution in [1.29, 1.82) is 0 Å². The Bertz CT molecular complexity index is 456. The van der Waals surface area contributed by atoms with Crippen LogP contribution in [0.3, 0.4) is 0 Å². The molecule has 0 unspecified atom stereocenters. The van der Waals surface area contributed by atoms with Crippen LogP contribution < -0.4 is 5.32 Å². The molecule has 1 aliphatic rings. The molecule has 1 N–H and O–H groups in total. The Morgan fingerprint density at radius 3 is 2.58 bits per heavy atom. The van der Waals surface area contributed by atoms with E-state index in [1.54, 1.807) is 19.2 Å². The molecule has 0 aliphatic carbocycles. The number of benzene rings is 1. The lowest BCUT2D eigenvalue weighted by molar-refractivity contribution is -0.384. The first-order chi connectivity index (χ1) is 9.11. The summed E-state index contributed by atoms with van der Waals surface area (Å²) in [6.07, 6.45) is 0. The molecule has 0 saturated carbocycles. The van der Waals surface area contributed by atoms with E-state index in [1.165, 1.54) is 0 Å². The molecular formula is C13H20N4O2. The highest BCUT2D eigenvalue weighted by Gasteiger charge is 2.19. The highest BCUT2D eigenvalue weighted by atomic mass is 16.6. The molecule has 1 aliphatic heterocycles. The number of rotatable bonds is 4. The predicted octanol–water partition coefficient (Wildman–Crippen LogP) is 1.38. The summed E-state index contributed by atoms with van der Waals surface area (Å²) < 4.78 is 0. The van der Waals surface area contributed by atoms with Gasteiger partial charge in [-0.1, -0.05) is 12.1 Å². The number of piperazine rings is 1. The van der Waals surface area contributed by atoms with Crippen LogP contribution in [0.15, 0.2) is 18.2 Å². The topological polar surface area (TPSA) is 61.6 Å². The maximum absolute atomic E-state index is 11.0. The maximum atomic E-state index is 11.0. The van der Waals surface area contributed by atoms with E-state index in [9.17, 15) is 10.1 Å². The third kappa shape index (κ3) is 3.21. The van der Waals surface area contributed by atoms with Crippen molar-refractivity contribution < 1.29 is 4.92 Å². The second-order valence-electron chi connectivity index (χ2n) is 4.90. The SMILES string of the molecule is CNc1c(CN2CCN(C)CC2)cccc1[N+](=O)[O-]. The first-order valence-electron chi connectivity index (χ1n) is 6.46. The lowest BCUT2D eigenvalue weighted by Crippen LogP contribution is -2.43. The minimum Gasteiger partial charge on any atom is -0.382 e. The Morgan fingerprint density at radius 1 is 1.32 bits per heavy atom. The van der Waals surface area contributed by atoms with Crippen molar-refractivity contribution in [2.24, 2.45) is 0 Å². The molecule has 6 nitrogen and oxygen atoms in total. The predicted molar refractivity (Wildman–Crippen MR) is 75.4 cm³/mol. The molecule has 19 heavy (non-hydrogen) atoms. The number of nitro benzene ring substituents is 1. The smallest absolute Gasteiger partial charge is 0.292 e. The number of anilines is 1. The Morgan fingerprint density at radius 2 is 2.00 bits per heavy atom. The quantitative estimate of drug-likeness (QED) is 0.657. The van der Waals surface area contributed by atoms with Gasteiger partial charge < -0.3 is 10.2 Å². The van der Waals surface area contributed by atoms with Crippen LogP contribution in [0, 0.1) is 10.1 Å². The molecule has 0 atom stereocenters. The Labute approximate surface area is 113 Å². The first kappa shape index (κ1) is 13.8. The number of hydrogen-bond acceptors (Lipinski definition) is 5. The summed E-state index contributed by atoms with van der Waals surface area (Å²) in [5.74, 6) is 0. The molecule has 1 aromatic rings. The van der Waals surface area contributed by atoms with Crippen LogP contribution in [0.1, 0.15) is 5.56 Å². The number of nitro groups is 1. The van der Waals surface area contributed by atoms with Gasteiger partial charge in [-0.3, -0.25) is 15.0 Å². The van der Waals surface area contributed by atoms with Gasteiger partial charge in [0.05, 0.1) is 4.92 Å². The van der Waals surface area contributed by atoms with Crippen LogP contribution in [0.25, 0.3) is 0 Å². The van der Waals surface area contributed by atoms with Gasteiger partial charge in [-0.2, -0.15) is 0 Å². The van der Waals surface area contributed by atoms with E-state index in [1.807, 2.05) is 6.07 Å². The van der Waals surface area contributed by atoms with Gasteiger partial charge in [0.25, 0.3) is 5.69 Å². The summed E-state index contributed by atoms with van der Waals surface area (Å²) in [5, 5.41) is 14.0. The van der Waals surface area contributed by atoms with Gasteiger partial charge in [-0.15, -0.1) is 0 Å². The fourth-order valence-electron chi connectivity index (χ4n) is 2.41. The van der Waals surface area contributed by atoms with Crippen molar-refractivity contribution in [3.63, 3.8) is 0 Å². The van der Waals surface area contributed by atoms with Crippen LogP contribution in [-0.4, -0.2) is 55.0 Å². The first-order valence-corrected chi connectivity index (χ1v) is 6.46. The van der Waals surface area contributed by atoms with E-state index < -0.39 is 0 Å². The van der Waals surface area contributed by atoms with Crippen molar-refractivity contribution in [1.82, 2.24) is 9.80 Å². The van der Waals surface area contributed by atoms with Gasteiger partial charge in [0.1, 0.15) is 5.69 Å². The molecular weight excluding hydrogens is 244 g/mol. The number of nitrogens with zero attached hydrogens (tertiary/aromatic N) is 3. The summed E-state index contributed by atoms with van der Waals surface area (Å²) in [5.41, 5.74) is 1.77. The average molecular weight is 264 g/mol. The molecule has 2 rings (SSSR count). The van der Waals surface area contributed by atoms with Crippen molar-refractivity contribution in [2.45, 2.75) is 6.54 Å². The molecule has 0 bridgehead atoms. The lowest BCUT2D eigenvalue weighted by atomic mass is 10.1. The molecule has 1 saturated heterocycles. The van der Waals surface area contributed by atoms with Crippen LogP contribution >= 0.6 is 0 Å². The summed E-state index contributed by atoms with van der Waals surface area (Å²) in [6, 6.07) is 5.25. The Balaban J connectivity index is 2.16. The van der Waals surface area contributed by atoms with Crippen LogP contribution in [0.4, 0.5) is 11.4 Å². The Kier molecular flexibility index (Phi) is 4.34. The second-order valence-corrected chi connectivity index (χ2v) is 4.90. The molecule has 0 amide bonds. The van der Waals surface area contributed by atoms with Crippen LogP contribution in [0.5, 0.6) is 0 Å². The van der Waals surface area contributed by atoms with Crippen molar-refractivity contribution in [3.8, 4) is 0 Å². The molecule has 0 aromatic heterocycles. The number of nitrogens with one attached hydrogen (secondary N) is 1. The van der Waals surface area contributed by atoms with Crippen molar-refractivity contribution >= 4 is 11.4 Å². The lowest BCUT2D eigenvalue weighted by Gasteiger charge is -2.32. The van der Waals surface area contributed by atoms with E-state index in [2.05, 4.69) is 22.2 Å². The highest BCUT2D eigenvalue weighted by molar-refractivity contribution is 5.66. The monoisotopic (exact) mass is 264 g/mol. The Hall–Kier alpha value is -1.66. The van der Waals surface area contributed by atoms with E-state index in [0.29, 0.717) is 5.69 Å². The molecule has 1 aromatic carbocycles. The zero-order chi connectivity index (χ0) is 13.8. The normalized spacial score (nSPS) is 17.4. The minimum absolute atomic E-state index is 0.147. The van der Waals surface area contributed by atoms with Crippen molar-refractivity contribution in [3.05, 3.63) is 33.9 Å². The summed E-state index contributed by atoms with van der Waals surface area (Å²) in [7, 11) is 3.85. The maximum Gasteiger partial charge on any atom is 0.292 e. The van der Waals surface area contributed by atoms with Gasteiger partial charge in [-0.05, 0) is 12.6 Å². The standard InChI is InChI=1S/C13H20N4O2/c1-14-13-11(4-3-5-12(13)17(18)19)10-16-8-6-15(2)7-9-16/h3-5,14H,6-10H2,1-2H3. The zero-order valence-corrected chi connectivity index (χ0v) is 11.4. The van der Waals surface area contributed by atoms with E-state index in [4.69, 9.17) is 0 Å². The molecule has 0 spiro atoms. The van der Waals surface area contributed by atoms with Gasteiger partial charge in [0.15, 0.2) is 0 Å². The van der Waals surface area contributed by atoms with E-state index >= 15 is 0 Å². The van der Waals surface area contributed by atoms with E-state index in [-0.39, 0.29) is 10.6 Å². The minimum atomic E-state index is -0.334. The third-order valence-corrected chi connectivity index (χ3v) is 3.57. The van der Waals surface area contributed by atoms with Crippen LogP contribution in [0.2, 0.25) is 0 Å². The fourth-order valence-corrected chi connectivity index (χ4v) is 2.41. The number of hydrogen-bond donors (Lipinski definition) is 1. The highest BCUT2D eigenvalue weighted by Crippen LogP contribution is 2.28. The average Bonchev–Trinajstić information content (AvgIpc) is 2.41. The van der Waals surface area contributed by atoms with E-state index in [0.717, 1.165) is 38.3 Å². The fraction of sp³-hybridized carbons (Fsp3) is 0.538. The van der Waals surface area contributed by atoms with Crippen molar-refractivity contribution in [2.75, 3.05) is 45.6 Å². The summed E-state index contributed by atoms with van der Waals surface area (Å²) in [4.78, 5) is 15.3. The molecule has 0 radical (unpaired) electrons. The largest absolute Gasteiger partial charge is 0.382 e. The zero-order valence-electron chi connectivity index (χ0n) is 11.4. The van der Waals surface area contributed by atoms with Gasteiger partial charge in [0.2, 0.25) is 0 Å². The molecule has 6 heteroatoms. The summed E-state index contributed by atoms with van der Waals surface area (Å²) >= 11 is 0. The van der Waals surface area contributed by atoms with Gasteiger partial charge in [0, 0.05) is 45.8 Å². The molecule has 104 valence electrons.